The summed E-state index contributed by atoms with van der Waals surface area (Å²) in [4.78, 5) is 21.0. The van der Waals surface area contributed by atoms with Gasteiger partial charge in [0.25, 0.3) is 0 Å². The highest BCUT2D eigenvalue weighted by molar-refractivity contribution is 5.85. The van der Waals surface area contributed by atoms with Gasteiger partial charge in [-0.15, -0.1) is 5.10 Å². The molecule has 0 radical (unpaired) electrons. The number of benzene rings is 1. The van der Waals surface area contributed by atoms with E-state index < -0.39 is 23.0 Å². The van der Waals surface area contributed by atoms with E-state index in [2.05, 4.69) is 34.0 Å². The molecular weight excluding hydrogens is 414 g/mol. The van der Waals surface area contributed by atoms with Crippen molar-refractivity contribution in [3.05, 3.63) is 70.4 Å². The number of aromatic nitrogens is 4. The van der Waals surface area contributed by atoms with Crippen LogP contribution >= 0.6 is 0 Å². The van der Waals surface area contributed by atoms with E-state index in [9.17, 15) is 13.6 Å². The van der Waals surface area contributed by atoms with Gasteiger partial charge in [-0.3, -0.25) is 0 Å². The van der Waals surface area contributed by atoms with Crippen LogP contribution in [0.15, 0.2) is 30.3 Å². The lowest BCUT2D eigenvalue weighted by Crippen LogP contribution is -2.38. The normalized spacial score (nSPS) is 22.6. The molecule has 0 saturated heterocycles. The summed E-state index contributed by atoms with van der Waals surface area (Å²) in [6.07, 6.45) is 1.64. The molecule has 3 aromatic rings. The lowest BCUT2D eigenvalue weighted by atomic mass is 9.66. The Kier molecular flexibility index (Phi) is 4.41. The molecule has 0 N–H and O–H groups in total. The summed E-state index contributed by atoms with van der Waals surface area (Å²) < 4.78 is 33.6. The molecule has 2 atom stereocenters. The zero-order valence-electron chi connectivity index (χ0n) is 18.2. The minimum absolute atomic E-state index is 0.00239. The molecule has 2 aromatic heterocycles. The molecule has 2 aliphatic carbocycles. The number of nitrogens with zero attached hydrogens (tertiary/aromatic N) is 4. The van der Waals surface area contributed by atoms with Crippen LogP contribution in [0, 0.1) is 24.0 Å². The molecule has 0 amide bonds. The van der Waals surface area contributed by atoms with Crippen molar-refractivity contribution in [2.24, 2.45) is 5.41 Å². The SMILES string of the molecule is COC(=O)c1nc(C)cc([C@@]23CC[C@@H](c4cc(-c5c(F)cccc5F)nnc42)C3(C)C)n1. The van der Waals surface area contributed by atoms with Crippen LogP contribution in [0.1, 0.15) is 65.9 Å². The molecule has 5 rings (SSSR count). The predicted octanol–water partition coefficient (Wildman–Crippen LogP) is 4.51. The number of fused-ring (bicyclic) bond motifs is 5. The zero-order valence-corrected chi connectivity index (χ0v) is 18.2. The first-order valence-corrected chi connectivity index (χ1v) is 10.5. The quantitative estimate of drug-likeness (QED) is 0.562. The number of methoxy groups -OCH3 is 1. The van der Waals surface area contributed by atoms with Crippen molar-refractivity contribution < 1.29 is 18.3 Å². The summed E-state index contributed by atoms with van der Waals surface area (Å²) in [7, 11) is 1.29. The average molecular weight is 436 g/mol. The van der Waals surface area contributed by atoms with E-state index in [4.69, 9.17) is 4.74 Å². The molecule has 1 aromatic carbocycles. The number of hydrogen-bond acceptors (Lipinski definition) is 6. The second kappa shape index (κ2) is 6.85. The summed E-state index contributed by atoms with van der Waals surface area (Å²) in [5.41, 5.74) is 2.10. The van der Waals surface area contributed by atoms with Crippen molar-refractivity contribution in [2.75, 3.05) is 7.11 Å². The van der Waals surface area contributed by atoms with Gasteiger partial charge in [-0.05, 0) is 60.9 Å². The molecule has 0 unspecified atom stereocenters. The first-order chi connectivity index (χ1) is 15.2. The monoisotopic (exact) mass is 436 g/mol. The van der Waals surface area contributed by atoms with Gasteiger partial charge in [-0.2, -0.15) is 5.10 Å². The Hall–Kier alpha value is -3.29. The van der Waals surface area contributed by atoms with Crippen molar-refractivity contribution in [1.29, 1.82) is 0 Å². The van der Waals surface area contributed by atoms with Gasteiger partial charge in [0.05, 0.1) is 35.2 Å². The number of aryl methyl sites for hydroxylation is 1. The molecule has 164 valence electrons. The zero-order chi connectivity index (χ0) is 22.8. The second-order valence-corrected chi connectivity index (χ2v) is 9.06. The van der Waals surface area contributed by atoms with Gasteiger partial charge in [-0.25, -0.2) is 23.5 Å². The molecule has 6 nitrogen and oxygen atoms in total. The number of carbonyl (C=O) groups is 1. The molecule has 0 spiro atoms. The summed E-state index contributed by atoms with van der Waals surface area (Å²) in [5, 5.41) is 8.74. The third-order valence-electron chi connectivity index (χ3n) is 7.26. The number of halogens is 2. The molecule has 32 heavy (non-hydrogen) atoms. The minimum Gasteiger partial charge on any atom is -0.463 e. The summed E-state index contributed by atoms with van der Waals surface area (Å²) in [6, 6.07) is 7.38. The van der Waals surface area contributed by atoms with Crippen LogP contribution in [0.2, 0.25) is 0 Å². The van der Waals surface area contributed by atoms with E-state index in [1.54, 1.807) is 13.0 Å². The van der Waals surface area contributed by atoms with Crippen LogP contribution in [0.25, 0.3) is 11.3 Å². The molecule has 8 heteroatoms. The van der Waals surface area contributed by atoms with E-state index >= 15 is 0 Å². The highest BCUT2D eigenvalue weighted by Gasteiger charge is 2.65. The van der Waals surface area contributed by atoms with Crippen LogP contribution in [0.4, 0.5) is 8.78 Å². The Morgan fingerprint density at radius 2 is 1.84 bits per heavy atom. The fraction of sp³-hybridized carbons (Fsp3) is 0.375. The summed E-state index contributed by atoms with van der Waals surface area (Å²) in [6.45, 7) is 6.09. The average Bonchev–Trinajstić information content (AvgIpc) is 3.14. The van der Waals surface area contributed by atoms with Crippen LogP contribution < -0.4 is 0 Å². The smallest absolute Gasteiger partial charge is 0.376 e. The van der Waals surface area contributed by atoms with Crippen LogP contribution in [0.3, 0.4) is 0 Å². The topological polar surface area (TPSA) is 77.9 Å². The number of esters is 1. The largest absolute Gasteiger partial charge is 0.463 e. The highest BCUT2D eigenvalue weighted by Crippen LogP contribution is 2.69. The Morgan fingerprint density at radius 1 is 1.12 bits per heavy atom. The van der Waals surface area contributed by atoms with Gasteiger partial charge in [0, 0.05) is 5.69 Å². The molecule has 0 aliphatic heterocycles. The number of ether oxygens (including phenoxy) is 1. The number of carbonyl (C=O) groups excluding carboxylic acids is 1. The molecule has 2 heterocycles. The molecule has 1 saturated carbocycles. The predicted molar refractivity (Wildman–Crippen MR) is 112 cm³/mol. The Balaban J connectivity index is 1.72. The van der Waals surface area contributed by atoms with Gasteiger partial charge >= 0.3 is 5.97 Å². The van der Waals surface area contributed by atoms with Crippen LogP contribution in [-0.4, -0.2) is 33.2 Å². The first kappa shape index (κ1) is 20.6. The Morgan fingerprint density at radius 3 is 2.53 bits per heavy atom. The van der Waals surface area contributed by atoms with Gasteiger partial charge < -0.3 is 4.74 Å². The van der Waals surface area contributed by atoms with Crippen molar-refractivity contribution in [2.45, 2.75) is 44.9 Å². The third kappa shape index (κ3) is 2.58. The standard InChI is InChI=1S/C24H22F2N4O2/c1-12-10-18(28-21(27-12)22(31)32-4)24-9-8-14(23(24,2)3)13-11-17(29-30-20(13)24)19-15(25)6-5-7-16(19)26/h5-7,10-11,14H,8-9H2,1-4H3/t14-,24-/m0/s1. The maximum Gasteiger partial charge on any atom is 0.376 e. The summed E-state index contributed by atoms with van der Waals surface area (Å²) in [5.74, 6) is -1.84. The lowest BCUT2D eigenvalue weighted by molar-refractivity contribution is 0.0585. The van der Waals surface area contributed by atoms with Crippen molar-refractivity contribution in [3.63, 3.8) is 0 Å². The van der Waals surface area contributed by atoms with Gasteiger partial charge in [0.2, 0.25) is 5.82 Å². The van der Waals surface area contributed by atoms with Gasteiger partial charge in [-0.1, -0.05) is 19.9 Å². The lowest BCUT2D eigenvalue weighted by Gasteiger charge is -2.37. The van der Waals surface area contributed by atoms with Gasteiger partial charge in [0.1, 0.15) is 11.6 Å². The molecule has 2 bridgehead atoms. The fourth-order valence-electron chi connectivity index (χ4n) is 5.73. The third-order valence-corrected chi connectivity index (χ3v) is 7.26. The molecule has 2 aliphatic rings. The van der Waals surface area contributed by atoms with E-state index in [1.807, 2.05) is 6.07 Å². The number of rotatable bonds is 3. The highest BCUT2D eigenvalue weighted by atomic mass is 19.1. The van der Waals surface area contributed by atoms with Crippen molar-refractivity contribution in [3.8, 4) is 11.3 Å². The Labute approximate surface area is 184 Å². The second-order valence-electron chi connectivity index (χ2n) is 9.06. The van der Waals surface area contributed by atoms with E-state index in [0.717, 1.165) is 24.1 Å². The van der Waals surface area contributed by atoms with Crippen molar-refractivity contribution >= 4 is 5.97 Å². The minimum atomic E-state index is -0.675. The maximum atomic E-state index is 14.4. The van der Waals surface area contributed by atoms with E-state index in [-0.39, 0.29) is 28.4 Å². The number of hydrogen-bond donors (Lipinski definition) is 0. The van der Waals surface area contributed by atoms with Crippen molar-refractivity contribution in [1.82, 2.24) is 20.2 Å². The fourth-order valence-corrected chi connectivity index (χ4v) is 5.73. The van der Waals surface area contributed by atoms with Crippen LogP contribution in [-0.2, 0) is 10.2 Å². The van der Waals surface area contributed by atoms with Crippen LogP contribution in [0.5, 0.6) is 0 Å². The van der Waals surface area contributed by atoms with E-state index in [1.165, 1.54) is 25.3 Å². The molecular formula is C24H22F2N4O2. The van der Waals surface area contributed by atoms with E-state index in [0.29, 0.717) is 11.4 Å². The molecule has 1 fully saturated rings. The first-order valence-electron chi connectivity index (χ1n) is 10.5. The maximum absolute atomic E-state index is 14.4. The Bertz CT molecular complexity index is 1260. The summed E-state index contributed by atoms with van der Waals surface area (Å²) >= 11 is 0. The van der Waals surface area contributed by atoms with Gasteiger partial charge in [0.15, 0.2) is 0 Å².